The molecule has 6 N–H and O–H groups in total. The van der Waals surface area contributed by atoms with Crippen LogP contribution in [0.3, 0.4) is 0 Å². The number of benzene rings is 3. The number of thiazole rings is 3. The van der Waals surface area contributed by atoms with Gasteiger partial charge >= 0.3 is 29.8 Å². The van der Waals surface area contributed by atoms with E-state index in [9.17, 15) is 55.4 Å². The zero-order valence-corrected chi connectivity index (χ0v) is 63.8. The third kappa shape index (κ3) is 22.0. The Balaban J connectivity index is 0.000000172. The van der Waals surface area contributed by atoms with E-state index in [1.54, 1.807) is 82.3 Å². The highest BCUT2D eigenvalue weighted by Gasteiger charge is 2.41. The lowest BCUT2D eigenvalue weighted by atomic mass is 9.94. The van der Waals surface area contributed by atoms with E-state index < -0.39 is 115 Å². The molecular weight excluding hydrogens is 1620 g/mol. The van der Waals surface area contributed by atoms with Gasteiger partial charge in [0.25, 0.3) is 0 Å². The third-order valence-corrected chi connectivity index (χ3v) is 20.9. The number of alkyl halides is 3. The monoisotopic (exact) mass is 1690 g/mol. The fourth-order valence-electron chi connectivity index (χ4n) is 12.6. The smallest absolute Gasteiger partial charge is 0.338 e. The van der Waals surface area contributed by atoms with Crippen LogP contribution < -0.4 is 16.0 Å². The van der Waals surface area contributed by atoms with Gasteiger partial charge in [0.2, 0.25) is 0 Å². The zero-order valence-electron chi connectivity index (χ0n) is 57.5. The summed E-state index contributed by atoms with van der Waals surface area (Å²) in [6.07, 6.45) is -0.592. The van der Waals surface area contributed by atoms with Crippen LogP contribution in [-0.4, -0.2) is 221 Å². The first-order valence-corrected chi connectivity index (χ1v) is 38.2. The number of carbonyl (C=O) groups excluding carboxylic acids is 3. The highest BCUT2D eigenvalue weighted by atomic mass is 79.9. The molecule has 0 amide bonds. The Morgan fingerprint density at radius 1 is 0.514 bits per heavy atom. The Bertz CT molecular complexity index is 4160. The highest BCUT2D eigenvalue weighted by Crippen LogP contribution is 2.41. The summed E-state index contributed by atoms with van der Waals surface area (Å²) >= 11 is 17.2. The summed E-state index contributed by atoms with van der Waals surface area (Å²) in [5, 5.41) is 44.6. The number of amidine groups is 3. The molecule has 9 heterocycles. The first-order chi connectivity index (χ1) is 51.3. The zero-order chi connectivity index (χ0) is 76.6. The second-order valence-electron chi connectivity index (χ2n) is 24.8. The minimum Gasteiger partial charge on any atom is -0.480 e. The quantitative estimate of drug-likeness (QED) is 0.0186. The molecule has 12 rings (SSSR count). The first-order valence-electron chi connectivity index (χ1n) is 33.6. The van der Waals surface area contributed by atoms with Crippen molar-refractivity contribution < 1.29 is 89.3 Å². The largest absolute Gasteiger partial charge is 0.480 e. The fraction of sp³-hybridized carbons (Fsp3) is 0.414. The van der Waals surface area contributed by atoms with Crippen molar-refractivity contribution in [2.45, 2.75) is 95.0 Å². The minimum absolute atomic E-state index is 0.0555. The van der Waals surface area contributed by atoms with Crippen molar-refractivity contribution in [1.29, 1.82) is 0 Å². The maximum absolute atomic E-state index is 14.6. The van der Waals surface area contributed by atoms with Gasteiger partial charge in [-0.1, -0.05) is 61.7 Å². The van der Waals surface area contributed by atoms with Gasteiger partial charge < -0.3 is 55.0 Å². The fourth-order valence-corrected chi connectivity index (χ4v) is 15.8. The lowest BCUT2D eigenvalue weighted by Gasteiger charge is -2.36. The van der Waals surface area contributed by atoms with Crippen LogP contribution in [0.5, 0.6) is 0 Å². The number of hydrogen-bond donors (Lipinski definition) is 6. The predicted molar refractivity (Wildman–Crippen MR) is 393 cm³/mol. The number of carboxylic acids is 2. The number of aliphatic carboxylic acids is 2. The highest BCUT2D eigenvalue weighted by molar-refractivity contribution is 9.10. The van der Waals surface area contributed by atoms with Crippen molar-refractivity contribution in [3.05, 3.63) is 186 Å². The average molecular weight is 1700 g/mol. The van der Waals surface area contributed by atoms with Crippen LogP contribution in [-0.2, 0) is 47.7 Å². The number of aliphatic hydroxyl groups excluding tert-OH is 1. The molecule has 6 unspecified atom stereocenters. The number of aromatic nitrogens is 3. The summed E-state index contributed by atoms with van der Waals surface area (Å²) in [5.41, 5.74) is 3.44. The Hall–Kier alpha value is -7.88. The third-order valence-electron chi connectivity index (χ3n) is 16.9. The van der Waals surface area contributed by atoms with Gasteiger partial charge in [0.15, 0.2) is 32.5 Å². The number of ether oxygens (including phenoxy) is 5. The number of aliphatic imine (C=N–C) groups is 3. The molecule has 572 valence electrons. The standard InChI is InChI=1S/C24H25BrF2N4O5S.C24H25ClF2N4O5S.C22H23BrF2N4O3S/c2*1-2-35-24(34)20-18(11-31-9-14(27)7-15(10-31)36-12-19(32)33)29-22(23-28-5-6-37-23)30-21(20)16-4-3-13(26)8-17(16)25;1-2-32-22(31)18-17(11-29-9-13(25)7-14(30)10-29)27-20(21-26-5-6-33-21)28-19(18)15-4-3-12(24)8-16(15)23/h2*3-6,8,14-15,21H,2,7,9-12H2,1H3,(H,29,30)(H,32,33);3-6,8,13-14,19,30H,2,7,9-11H2,1H3,(H,27,28)/t2*14?,15?,21-;13?,14?,19-/m000/s1. The lowest BCUT2D eigenvalue weighted by Crippen LogP contribution is -2.48. The van der Waals surface area contributed by atoms with Crippen LogP contribution in [0.2, 0.25) is 5.02 Å². The molecule has 0 saturated carbocycles. The number of β-amino-alcohol motifs (C(OH)–C–C–N with tert-alkyl or cyclic N) is 1. The van der Waals surface area contributed by atoms with Gasteiger partial charge in [-0.05, 0) is 68.3 Å². The molecule has 6 aromatic rings. The maximum atomic E-state index is 14.6. The van der Waals surface area contributed by atoms with E-state index in [0.717, 1.165) is 6.07 Å². The molecular formula is C70H73Br2ClF6N12O13S3. The van der Waals surface area contributed by atoms with Gasteiger partial charge in [0.05, 0.1) is 54.9 Å². The Kier molecular flexibility index (Phi) is 29.3. The molecule has 6 aliphatic rings. The summed E-state index contributed by atoms with van der Waals surface area (Å²) in [4.78, 5) is 93.8. The van der Waals surface area contributed by atoms with E-state index >= 15 is 0 Å². The number of halogens is 9. The molecule has 3 saturated heterocycles. The van der Waals surface area contributed by atoms with Crippen LogP contribution >= 0.6 is 77.5 Å². The summed E-state index contributed by atoms with van der Waals surface area (Å²) in [6, 6.07) is 9.54. The van der Waals surface area contributed by atoms with Crippen molar-refractivity contribution in [3.8, 4) is 0 Å². The molecule has 37 heteroatoms. The molecule has 0 bridgehead atoms. The minimum atomic E-state index is -1.25. The number of carbonyl (C=O) groups is 5. The Morgan fingerprint density at radius 2 is 0.850 bits per heavy atom. The van der Waals surface area contributed by atoms with E-state index in [0.29, 0.717) is 75.3 Å². The van der Waals surface area contributed by atoms with E-state index in [1.165, 1.54) is 70.4 Å². The van der Waals surface area contributed by atoms with Crippen LogP contribution in [0.25, 0.3) is 0 Å². The normalized spacial score (nSPS) is 22.8. The van der Waals surface area contributed by atoms with Gasteiger partial charge in [-0.25, -0.2) is 65.3 Å². The SMILES string of the molecule is CCOC(=O)C1=C(CN2CC(F)CC(OCC(=O)O)C2)NC(c2nccs2)=N[C@H]1c1ccc(F)cc1Br.CCOC(=O)C1=C(CN2CC(F)CC(OCC(=O)O)C2)NC(c2nccs2)=N[C@H]1c1ccc(F)cc1Cl.CCOC(=O)C1=C(CN2CC(O)CC(F)C2)NC(c2nccs2)=N[C@H]1c1ccc(F)cc1Br. The lowest BCUT2D eigenvalue weighted by molar-refractivity contribution is -0.147. The van der Waals surface area contributed by atoms with E-state index in [4.69, 9.17) is 60.5 Å². The topological polar surface area (TPSA) is 314 Å². The number of esters is 3. The van der Waals surface area contributed by atoms with Gasteiger partial charge in [0, 0.05) is 150 Å². The Morgan fingerprint density at radius 3 is 1.17 bits per heavy atom. The molecule has 3 fully saturated rings. The summed E-state index contributed by atoms with van der Waals surface area (Å²) < 4.78 is 112. The second-order valence-corrected chi connectivity index (χ2v) is 29.6. The summed E-state index contributed by atoms with van der Waals surface area (Å²) in [5.74, 6) is -4.30. The molecule has 25 nitrogen and oxygen atoms in total. The number of carboxylic acid groups (broad SMARTS) is 2. The van der Waals surface area contributed by atoms with E-state index in [1.807, 2.05) is 0 Å². The molecule has 3 aromatic carbocycles. The number of likely N-dealkylation sites (tertiary alicyclic amines) is 3. The molecule has 0 spiro atoms. The van der Waals surface area contributed by atoms with Gasteiger partial charge in [-0.3, -0.25) is 29.7 Å². The summed E-state index contributed by atoms with van der Waals surface area (Å²) in [6.45, 7) is 5.80. The van der Waals surface area contributed by atoms with Crippen molar-refractivity contribution in [2.75, 3.05) is 91.9 Å². The molecule has 6 aliphatic heterocycles. The van der Waals surface area contributed by atoms with Gasteiger partial charge in [0.1, 0.15) is 67.3 Å². The predicted octanol–water partition coefficient (Wildman–Crippen LogP) is 10.2. The number of aliphatic hydroxyl groups is 1. The maximum Gasteiger partial charge on any atom is 0.338 e. The van der Waals surface area contributed by atoms with Crippen LogP contribution in [0.15, 0.2) is 147 Å². The molecule has 107 heavy (non-hydrogen) atoms. The molecule has 0 radical (unpaired) electrons. The molecule has 0 aliphatic carbocycles. The van der Waals surface area contributed by atoms with Gasteiger partial charge in [-0.2, -0.15) is 0 Å². The van der Waals surface area contributed by atoms with Crippen molar-refractivity contribution in [1.82, 2.24) is 45.6 Å². The second kappa shape index (κ2) is 38.5. The molecule has 9 atom stereocenters. The summed E-state index contributed by atoms with van der Waals surface area (Å²) in [7, 11) is 0. The Labute approximate surface area is 643 Å². The first kappa shape index (κ1) is 81.6. The average Bonchev–Trinajstić information content (AvgIpc) is 1.45. The number of rotatable bonds is 24. The number of nitrogens with one attached hydrogen (secondary N) is 3. The van der Waals surface area contributed by atoms with Crippen molar-refractivity contribution >= 4 is 125 Å². The molecule has 3 aromatic heterocycles. The van der Waals surface area contributed by atoms with Crippen LogP contribution in [0.4, 0.5) is 26.3 Å². The van der Waals surface area contributed by atoms with Crippen LogP contribution in [0, 0.1) is 17.5 Å². The van der Waals surface area contributed by atoms with Crippen LogP contribution in [0.1, 0.15) is 89.9 Å². The van der Waals surface area contributed by atoms with Crippen molar-refractivity contribution in [3.63, 3.8) is 0 Å². The van der Waals surface area contributed by atoms with Gasteiger partial charge in [-0.15, -0.1) is 34.0 Å². The number of nitrogens with zero attached hydrogens (tertiary/aromatic N) is 9. The van der Waals surface area contributed by atoms with E-state index in [2.05, 4.69) is 62.8 Å². The van der Waals surface area contributed by atoms with Crippen molar-refractivity contribution in [2.24, 2.45) is 15.0 Å². The number of hydrogen-bond acceptors (Lipinski definition) is 26. The number of piperidine rings is 3. The van der Waals surface area contributed by atoms with E-state index in [-0.39, 0.29) is 120 Å².